The summed E-state index contributed by atoms with van der Waals surface area (Å²) >= 11 is 3.29. The van der Waals surface area contributed by atoms with E-state index in [0.29, 0.717) is 30.4 Å². The highest BCUT2D eigenvalue weighted by molar-refractivity contribution is 9.10. The van der Waals surface area contributed by atoms with Crippen LogP contribution < -0.4 is 10.1 Å². The van der Waals surface area contributed by atoms with E-state index < -0.39 is 6.61 Å². The monoisotopic (exact) mass is 347 g/mol. The Morgan fingerprint density at radius 3 is 2.85 bits per heavy atom. The number of rotatable bonds is 6. The van der Waals surface area contributed by atoms with Gasteiger partial charge in [0, 0.05) is 16.6 Å². The van der Waals surface area contributed by atoms with Gasteiger partial charge in [0.1, 0.15) is 5.75 Å². The minimum atomic E-state index is -2.85. The summed E-state index contributed by atoms with van der Waals surface area (Å²) < 4.78 is 34.8. The largest absolute Gasteiger partial charge is 0.434 e. The fraction of sp³-hybridized carbons (Fsp3) is 0.333. The molecule has 5 nitrogen and oxygen atoms in total. The third-order valence-electron chi connectivity index (χ3n) is 2.40. The molecule has 1 aromatic carbocycles. The van der Waals surface area contributed by atoms with Crippen molar-refractivity contribution in [1.82, 2.24) is 15.5 Å². The van der Waals surface area contributed by atoms with Crippen LogP contribution in [0.15, 0.2) is 27.2 Å². The molecule has 0 bridgehead atoms. The second kappa shape index (κ2) is 6.76. The summed E-state index contributed by atoms with van der Waals surface area (Å²) in [5, 5.41) is 6.69. The molecule has 0 spiro atoms. The van der Waals surface area contributed by atoms with Crippen LogP contribution in [0.2, 0.25) is 0 Å². The van der Waals surface area contributed by atoms with Crippen LogP contribution in [0.4, 0.5) is 8.78 Å². The Morgan fingerprint density at radius 2 is 2.20 bits per heavy atom. The lowest BCUT2D eigenvalue weighted by Crippen LogP contribution is -2.14. The van der Waals surface area contributed by atoms with Crippen molar-refractivity contribution in [2.24, 2.45) is 0 Å². The van der Waals surface area contributed by atoms with Gasteiger partial charge >= 0.3 is 6.61 Å². The van der Waals surface area contributed by atoms with Crippen molar-refractivity contribution in [3.05, 3.63) is 40.0 Å². The van der Waals surface area contributed by atoms with Gasteiger partial charge in [-0.2, -0.15) is 13.8 Å². The summed E-state index contributed by atoms with van der Waals surface area (Å²) in [5.74, 6) is 1.12. The van der Waals surface area contributed by atoms with E-state index in [1.807, 2.05) is 0 Å². The van der Waals surface area contributed by atoms with Crippen LogP contribution in [-0.4, -0.2) is 16.8 Å². The van der Waals surface area contributed by atoms with E-state index in [1.165, 1.54) is 6.07 Å². The predicted octanol–water partition coefficient (Wildman–Crippen LogP) is 3.03. The number of nitrogens with one attached hydrogen (secondary N) is 1. The van der Waals surface area contributed by atoms with Gasteiger partial charge < -0.3 is 14.6 Å². The SMILES string of the molecule is Cc1noc(CNCc2cc(Br)ccc2OC(F)F)n1. The molecule has 2 rings (SSSR count). The van der Waals surface area contributed by atoms with Gasteiger partial charge in [0.05, 0.1) is 6.54 Å². The van der Waals surface area contributed by atoms with Crippen LogP contribution in [0, 0.1) is 6.92 Å². The van der Waals surface area contributed by atoms with Crippen LogP contribution in [0.25, 0.3) is 0 Å². The second-order valence-corrected chi connectivity index (χ2v) is 4.89. The van der Waals surface area contributed by atoms with Crippen LogP contribution >= 0.6 is 15.9 Å². The van der Waals surface area contributed by atoms with E-state index in [-0.39, 0.29) is 5.75 Å². The van der Waals surface area contributed by atoms with Gasteiger partial charge in [-0.05, 0) is 25.1 Å². The maximum Gasteiger partial charge on any atom is 0.387 e. The average Bonchev–Trinajstić information content (AvgIpc) is 2.78. The normalized spacial score (nSPS) is 11.1. The van der Waals surface area contributed by atoms with Crippen LogP contribution in [-0.2, 0) is 13.1 Å². The molecule has 0 saturated carbocycles. The number of alkyl halides is 2. The molecule has 0 aliphatic carbocycles. The van der Waals surface area contributed by atoms with E-state index >= 15 is 0 Å². The number of nitrogens with zero attached hydrogens (tertiary/aromatic N) is 2. The fourth-order valence-electron chi connectivity index (χ4n) is 1.61. The van der Waals surface area contributed by atoms with Crippen molar-refractivity contribution in [3.8, 4) is 5.75 Å². The molecule has 2 aromatic rings. The molecule has 8 heteroatoms. The Balaban J connectivity index is 1.98. The van der Waals surface area contributed by atoms with Gasteiger partial charge in [-0.15, -0.1) is 0 Å². The third-order valence-corrected chi connectivity index (χ3v) is 2.89. The number of ether oxygens (including phenoxy) is 1. The first kappa shape index (κ1) is 14.9. The molecule has 1 aromatic heterocycles. The Morgan fingerprint density at radius 1 is 1.40 bits per heavy atom. The Hall–Kier alpha value is -1.54. The highest BCUT2D eigenvalue weighted by Gasteiger charge is 2.10. The molecular formula is C12H12BrF2N3O2. The first-order valence-corrected chi connectivity index (χ1v) is 6.57. The number of hydrogen-bond donors (Lipinski definition) is 1. The lowest BCUT2D eigenvalue weighted by Gasteiger charge is -2.11. The van der Waals surface area contributed by atoms with Crippen molar-refractivity contribution in [2.75, 3.05) is 0 Å². The summed E-state index contributed by atoms with van der Waals surface area (Å²) in [7, 11) is 0. The molecule has 0 aliphatic heterocycles. The Bertz CT molecular complexity index is 578. The number of hydrogen-bond acceptors (Lipinski definition) is 5. The molecule has 1 heterocycles. The van der Waals surface area contributed by atoms with Crippen molar-refractivity contribution < 1.29 is 18.0 Å². The summed E-state index contributed by atoms with van der Waals surface area (Å²) in [4.78, 5) is 4.03. The van der Waals surface area contributed by atoms with E-state index in [2.05, 4.69) is 36.1 Å². The van der Waals surface area contributed by atoms with Gasteiger partial charge in [0.2, 0.25) is 5.89 Å². The number of aromatic nitrogens is 2. The lowest BCUT2D eigenvalue weighted by atomic mass is 10.2. The van der Waals surface area contributed by atoms with Crippen LogP contribution in [0.1, 0.15) is 17.3 Å². The maximum atomic E-state index is 12.3. The molecule has 20 heavy (non-hydrogen) atoms. The zero-order valence-corrected chi connectivity index (χ0v) is 12.2. The molecular weight excluding hydrogens is 336 g/mol. The molecule has 0 radical (unpaired) electrons. The molecule has 0 amide bonds. The van der Waals surface area contributed by atoms with Gasteiger partial charge in [0.15, 0.2) is 5.82 Å². The van der Waals surface area contributed by atoms with Gasteiger partial charge in [0.25, 0.3) is 0 Å². The smallest absolute Gasteiger partial charge is 0.387 e. The number of aryl methyl sites for hydroxylation is 1. The zero-order chi connectivity index (χ0) is 14.5. The van der Waals surface area contributed by atoms with E-state index in [9.17, 15) is 8.78 Å². The Labute approximate surface area is 122 Å². The summed E-state index contributed by atoms with van der Waals surface area (Å²) in [5.41, 5.74) is 0.607. The molecule has 0 atom stereocenters. The van der Waals surface area contributed by atoms with Crippen LogP contribution in [0.5, 0.6) is 5.75 Å². The van der Waals surface area contributed by atoms with Crippen molar-refractivity contribution in [3.63, 3.8) is 0 Å². The summed E-state index contributed by atoms with van der Waals surface area (Å²) in [6, 6.07) is 4.84. The molecule has 0 fully saturated rings. The third kappa shape index (κ3) is 4.24. The first-order valence-electron chi connectivity index (χ1n) is 5.78. The number of benzene rings is 1. The molecule has 0 saturated heterocycles. The van der Waals surface area contributed by atoms with Crippen molar-refractivity contribution >= 4 is 15.9 Å². The van der Waals surface area contributed by atoms with E-state index in [1.54, 1.807) is 19.1 Å². The number of halogens is 3. The maximum absolute atomic E-state index is 12.3. The fourth-order valence-corrected chi connectivity index (χ4v) is 2.02. The predicted molar refractivity (Wildman–Crippen MR) is 70.4 cm³/mol. The summed E-state index contributed by atoms with van der Waals surface area (Å²) in [6.45, 7) is -0.450. The minimum absolute atomic E-state index is 0.136. The quantitative estimate of drug-likeness (QED) is 0.870. The van der Waals surface area contributed by atoms with Gasteiger partial charge in [-0.1, -0.05) is 21.1 Å². The highest BCUT2D eigenvalue weighted by Crippen LogP contribution is 2.24. The average molecular weight is 348 g/mol. The topological polar surface area (TPSA) is 60.2 Å². The van der Waals surface area contributed by atoms with Crippen molar-refractivity contribution in [2.45, 2.75) is 26.6 Å². The van der Waals surface area contributed by atoms with Gasteiger partial charge in [-0.25, -0.2) is 0 Å². The molecule has 0 unspecified atom stereocenters. The molecule has 108 valence electrons. The minimum Gasteiger partial charge on any atom is -0.434 e. The lowest BCUT2D eigenvalue weighted by molar-refractivity contribution is -0.0505. The van der Waals surface area contributed by atoms with Crippen molar-refractivity contribution in [1.29, 1.82) is 0 Å². The molecule has 1 N–H and O–H groups in total. The highest BCUT2D eigenvalue weighted by atomic mass is 79.9. The van der Waals surface area contributed by atoms with E-state index in [4.69, 9.17) is 4.52 Å². The second-order valence-electron chi connectivity index (χ2n) is 3.97. The Kier molecular flexibility index (Phi) is 5.02. The van der Waals surface area contributed by atoms with Crippen LogP contribution in [0.3, 0.4) is 0 Å². The summed E-state index contributed by atoms with van der Waals surface area (Å²) in [6.07, 6.45) is 0. The van der Waals surface area contributed by atoms with E-state index in [0.717, 1.165) is 4.47 Å². The van der Waals surface area contributed by atoms with Gasteiger partial charge in [-0.3, -0.25) is 0 Å². The zero-order valence-electron chi connectivity index (χ0n) is 10.6. The first-order chi connectivity index (χ1) is 9.54. The standard InChI is InChI=1S/C12H12BrF2N3O2/c1-7-17-11(20-18-7)6-16-5-8-4-9(13)2-3-10(8)19-12(14)15/h2-4,12,16H,5-6H2,1H3. The molecule has 0 aliphatic rings.